The summed E-state index contributed by atoms with van der Waals surface area (Å²) >= 11 is 3.48. The molecule has 22 heavy (non-hydrogen) atoms. The van der Waals surface area contributed by atoms with E-state index in [1.165, 1.54) is 6.42 Å². The maximum absolute atomic E-state index is 13.1. The highest BCUT2D eigenvalue weighted by Gasteiger charge is 2.44. The summed E-state index contributed by atoms with van der Waals surface area (Å²) in [6.07, 6.45) is 7.58. The zero-order chi connectivity index (χ0) is 15.6. The summed E-state index contributed by atoms with van der Waals surface area (Å²) in [5.74, 6) is 0.671. The molecule has 4 heteroatoms. The van der Waals surface area contributed by atoms with E-state index in [0.717, 1.165) is 48.6 Å². The highest BCUT2D eigenvalue weighted by atomic mass is 79.9. The van der Waals surface area contributed by atoms with Gasteiger partial charge in [-0.05, 0) is 55.8 Å². The summed E-state index contributed by atoms with van der Waals surface area (Å²) in [5, 5.41) is 3.35. The van der Waals surface area contributed by atoms with Crippen LogP contribution in [0.3, 0.4) is 0 Å². The Hall–Kier alpha value is -0.870. The van der Waals surface area contributed by atoms with E-state index in [1.54, 1.807) is 0 Å². The standard InChI is InChI=1S/C18H25BrN2O/c19-15-8-6-14(7-9-15)18(10-1-2-11-18)17(22)21-16-5-3-4-13(16)12-20/h6-9,13,16H,1-5,10-12,20H2,(H,21,22). The first-order valence-corrected chi connectivity index (χ1v) is 9.22. The van der Waals surface area contributed by atoms with Crippen molar-refractivity contribution in [2.45, 2.75) is 56.4 Å². The first-order valence-electron chi connectivity index (χ1n) is 8.43. The summed E-state index contributed by atoms with van der Waals surface area (Å²) < 4.78 is 1.06. The fourth-order valence-electron chi connectivity index (χ4n) is 4.21. The summed E-state index contributed by atoms with van der Waals surface area (Å²) in [6, 6.07) is 8.56. The number of hydrogen-bond donors (Lipinski definition) is 2. The molecule has 1 amide bonds. The molecule has 2 aliphatic rings. The topological polar surface area (TPSA) is 55.1 Å². The first-order chi connectivity index (χ1) is 10.7. The van der Waals surface area contributed by atoms with Crippen LogP contribution >= 0.6 is 15.9 Å². The average molecular weight is 365 g/mol. The molecule has 1 aromatic carbocycles. The second-order valence-electron chi connectivity index (χ2n) is 6.80. The van der Waals surface area contributed by atoms with Crippen molar-refractivity contribution in [1.29, 1.82) is 0 Å². The molecule has 2 fully saturated rings. The van der Waals surface area contributed by atoms with Gasteiger partial charge in [-0.1, -0.05) is 47.3 Å². The lowest BCUT2D eigenvalue weighted by atomic mass is 9.77. The van der Waals surface area contributed by atoms with Crippen LogP contribution in [0.5, 0.6) is 0 Å². The zero-order valence-electron chi connectivity index (χ0n) is 13.0. The highest BCUT2D eigenvalue weighted by molar-refractivity contribution is 9.10. The number of hydrogen-bond acceptors (Lipinski definition) is 2. The first kappa shape index (κ1) is 16.0. The van der Waals surface area contributed by atoms with Crippen LogP contribution in [0.15, 0.2) is 28.7 Å². The Morgan fingerprint density at radius 1 is 1.18 bits per heavy atom. The van der Waals surface area contributed by atoms with Gasteiger partial charge in [0.05, 0.1) is 5.41 Å². The van der Waals surface area contributed by atoms with Gasteiger partial charge in [-0.3, -0.25) is 4.79 Å². The molecular weight excluding hydrogens is 340 g/mol. The van der Waals surface area contributed by atoms with E-state index in [1.807, 2.05) is 12.1 Å². The van der Waals surface area contributed by atoms with Crippen LogP contribution in [0.2, 0.25) is 0 Å². The van der Waals surface area contributed by atoms with E-state index in [0.29, 0.717) is 12.5 Å². The number of amides is 1. The lowest BCUT2D eigenvalue weighted by Crippen LogP contribution is -2.49. The Labute approximate surface area is 141 Å². The van der Waals surface area contributed by atoms with E-state index in [4.69, 9.17) is 5.73 Å². The Morgan fingerprint density at radius 2 is 1.86 bits per heavy atom. The van der Waals surface area contributed by atoms with Gasteiger partial charge in [0.15, 0.2) is 0 Å². The second-order valence-corrected chi connectivity index (χ2v) is 7.72. The highest BCUT2D eigenvalue weighted by Crippen LogP contribution is 2.42. The van der Waals surface area contributed by atoms with Crippen molar-refractivity contribution in [3.63, 3.8) is 0 Å². The van der Waals surface area contributed by atoms with Crippen LogP contribution in [-0.2, 0) is 10.2 Å². The molecule has 0 bridgehead atoms. The molecule has 3 nitrogen and oxygen atoms in total. The Kier molecular flexibility index (Phi) is 4.88. The average Bonchev–Trinajstić information content (AvgIpc) is 3.17. The summed E-state index contributed by atoms with van der Waals surface area (Å²) in [5.41, 5.74) is 6.69. The molecule has 2 aliphatic carbocycles. The minimum absolute atomic E-state index is 0.220. The summed E-state index contributed by atoms with van der Waals surface area (Å²) in [4.78, 5) is 13.1. The number of nitrogens with two attached hydrogens (primary N) is 1. The third-order valence-corrected chi connectivity index (χ3v) is 6.10. The molecule has 0 spiro atoms. The van der Waals surface area contributed by atoms with Crippen molar-refractivity contribution >= 4 is 21.8 Å². The van der Waals surface area contributed by atoms with Crippen molar-refractivity contribution in [1.82, 2.24) is 5.32 Å². The smallest absolute Gasteiger partial charge is 0.230 e. The minimum Gasteiger partial charge on any atom is -0.352 e. The predicted octanol–water partition coefficient (Wildman–Crippen LogP) is 3.50. The zero-order valence-corrected chi connectivity index (χ0v) is 14.6. The monoisotopic (exact) mass is 364 g/mol. The van der Waals surface area contributed by atoms with Crippen LogP contribution in [-0.4, -0.2) is 18.5 Å². The number of halogens is 1. The van der Waals surface area contributed by atoms with Gasteiger partial charge in [0.25, 0.3) is 0 Å². The molecule has 0 aliphatic heterocycles. The molecule has 0 heterocycles. The maximum Gasteiger partial charge on any atom is 0.230 e. The van der Waals surface area contributed by atoms with Crippen LogP contribution in [0, 0.1) is 5.92 Å². The van der Waals surface area contributed by atoms with Gasteiger partial charge in [-0.25, -0.2) is 0 Å². The van der Waals surface area contributed by atoms with Crippen molar-refractivity contribution in [3.05, 3.63) is 34.3 Å². The van der Waals surface area contributed by atoms with Crippen molar-refractivity contribution in [2.24, 2.45) is 11.7 Å². The predicted molar refractivity (Wildman–Crippen MR) is 92.6 cm³/mol. The summed E-state index contributed by atoms with van der Waals surface area (Å²) in [7, 11) is 0. The Bertz CT molecular complexity index is 522. The SMILES string of the molecule is NCC1CCCC1NC(=O)C1(c2ccc(Br)cc2)CCCC1. The molecule has 0 radical (unpaired) electrons. The molecule has 1 aromatic rings. The van der Waals surface area contributed by atoms with Crippen LogP contribution in [0.25, 0.3) is 0 Å². The third-order valence-electron chi connectivity index (χ3n) is 5.57. The van der Waals surface area contributed by atoms with Gasteiger partial charge in [-0.15, -0.1) is 0 Å². The number of nitrogens with one attached hydrogen (secondary N) is 1. The largest absolute Gasteiger partial charge is 0.352 e. The van der Waals surface area contributed by atoms with E-state index in [-0.39, 0.29) is 17.4 Å². The molecular formula is C18H25BrN2O. The molecule has 120 valence electrons. The molecule has 0 aromatic heterocycles. The van der Waals surface area contributed by atoms with Crippen LogP contribution in [0.4, 0.5) is 0 Å². The van der Waals surface area contributed by atoms with Crippen LogP contribution < -0.4 is 11.1 Å². The molecule has 2 unspecified atom stereocenters. The molecule has 2 saturated carbocycles. The van der Waals surface area contributed by atoms with Crippen LogP contribution in [0.1, 0.15) is 50.5 Å². The number of carbonyl (C=O) groups excluding carboxylic acids is 1. The van der Waals surface area contributed by atoms with Gasteiger partial charge in [-0.2, -0.15) is 0 Å². The van der Waals surface area contributed by atoms with E-state index in [2.05, 4.69) is 33.4 Å². The fraction of sp³-hybridized carbons (Fsp3) is 0.611. The Morgan fingerprint density at radius 3 is 2.50 bits per heavy atom. The normalized spacial score (nSPS) is 27.0. The van der Waals surface area contributed by atoms with Crippen molar-refractivity contribution in [2.75, 3.05) is 6.54 Å². The molecule has 0 saturated heterocycles. The number of carbonyl (C=O) groups is 1. The third kappa shape index (κ3) is 2.95. The van der Waals surface area contributed by atoms with E-state index in [9.17, 15) is 4.79 Å². The minimum atomic E-state index is -0.331. The summed E-state index contributed by atoms with van der Waals surface area (Å²) in [6.45, 7) is 0.677. The number of rotatable bonds is 4. The molecule has 2 atom stereocenters. The van der Waals surface area contributed by atoms with Gasteiger partial charge in [0.1, 0.15) is 0 Å². The van der Waals surface area contributed by atoms with E-state index < -0.39 is 0 Å². The van der Waals surface area contributed by atoms with Crippen molar-refractivity contribution in [3.8, 4) is 0 Å². The van der Waals surface area contributed by atoms with Gasteiger partial charge < -0.3 is 11.1 Å². The lowest BCUT2D eigenvalue weighted by molar-refractivity contribution is -0.127. The fourth-order valence-corrected chi connectivity index (χ4v) is 4.47. The van der Waals surface area contributed by atoms with Gasteiger partial charge in [0.2, 0.25) is 5.91 Å². The number of benzene rings is 1. The maximum atomic E-state index is 13.1. The second kappa shape index (κ2) is 6.71. The van der Waals surface area contributed by atoms with E-state index >= 15 is 0 Å². The lowest BCUT2D eigenvalue weighted by Gasteiger charge is -2.31. The van der Waals surface area contributed by atoms with Gasteiger partial charge >= 0.3 is 0 Å². The van der Waals surface area contributed by atoms with Gasteiger partial charge in [0, 0.05) is 10.5 Å². The molecule has 3 N–H and O–H groups in total. The van der Waals surface area contributed by atoms with Crippen molar-refractivity contribution < 1.29 is 4.79 Å². The Balaban J connectivity index is 1.81. The molecule has 3 rings (SSSR count). The quantitative estimate of drug-likeness (QED) is 0.858.